The summed E-state index contributed by atoms with van der Waals surface area (Å²) in [6, 6.07) is 3.89. The molecule has 1 aromatic rings. The lowest BCUT2D eigenvalue weighted by molar-refractivity contribution is -0.146. The first-order valence-electron chi connectivity index (χ1n) is 8.79. The molecule has 7 nitrogen and oxygen atoms in total. The zero-order chi connectivity index (χ0) is 18.1. The Morgan fingerprint density at radius 3 is 2.65 bits per heavy atom. The minimum Gasteiger partial charge on any atom is -0.478 e. The molecule has 1 aliphatic rings. The molecule has 146 valence electrons. The molecule has 0 spiro atoms. The van der Waals surface area contributed by atoms with Gasteiger partial charge >= 0.3 is 5.97 Å². The van der Waals surface area contributed by atoms with Crippen LogP contribution < -0.4 is 10.1 Å². The summed E-state index contributed by atoms with van der Waals surface area (Å²) in [4.78, 5) is 22.4. The summed E-state index contributed by atoms with van der Waals surface area (Å²) in [6.45, 7) is 4.98. The van der Waals surface area contributed by atoms with E-state index in [2.05, 4.69) is 27.1 Å². The highest BCUT2D eigenvalue weighted by molar-refractivity contribution is 14.0. The topological polar surface area (TPSA) is 76.0 Å². The maximum Gasteiger partial charge on any atom is 0.308 e. The van der Waals surface area contributed by atoms with Crippen molar-refractivity contribution in [2.45, 2.75) is 32.7 Å². The second kappa shape index (κ2) is 11.9. The van der Waals surface area contributed by atoms with Crippen LogP contribution in [0.5, 0.6) is 5.88 Å². The van der Waals surface area contributed by atoms with Crippen molar-refractivity contribution < 1.29 is 14.3 Å². The molecule has 2 heterocycles. The van der Waals surface area contributed by atoms with E-state index in [9.17, 15) is 4.79 Å². The summed E-state index contributed by atoms with van der Waals surface area (Å²) in [6.07, 6.45) is 4.36. The van der Waals surface area contributed by atoms with Gasteiger partial charge in [0.1, 0.15) is 0 Å². The van der Waals surface area contributed by atoms with Crippen molar-refractivity contribution in [3.05, 3.63) is 23.9 Å². The second-order valence-corrected chi connectivity index (χ2v) is 6.04. The summed E-state index contributed by atoms with van der Waals surface area (Å²) in [7, 11) is 3.22. The Bertz CT molecular complexity index is 572. The summed E-state index contributed by atoms with van der Waals surface area (Å²) in [5.41, 5.74) is 1.06. The van der Waals surface area contributed by atoms with Crippen molar-refractivity contribution in [3.8, 4) is 5.88 Å². The standard InChI is InChI=1S/C18H28N4O3.HI/c1-4-11-25-16-6-5-14(12-20-16)13-21-18(19-2)22-9-7-15(8-10-22)17(23)24-3;/h5-6,12,15H,4,7-11,13H2,1-3H3,(H,19,21);1H. The molecule has 0 radical (unpaired) electrons. The SMILES string of the molecule is CCCOc1ccc(CNC(=NC)N2CCC(C(=O)OC)CC2)cn1.I. The van der Waals surface area contributed by atoms with Crippen LogP contribution in [0.4, 0.5) is 0 Å². The van der Waals surface area contributed by atoms with Gasteiger partial charge < -0.3 is 19.7 Å². The summed E-state index contributed by atoms with van der Waals surface area (Å²) in [5, 5.41) is 3.36. The van der Waals surface area contributed by atoms with Gasteiger partial charge in [-0.2, -0.15) is 0 Å². The van der Waals surface area contributed by atoms with Crippen LogP contribution in [0.25, 0.3) is 0 Å². The molecular weight excluding hydrogens is 447 g/mol. The monoisotopic (exact) mass is 476 g/mol. The minimum absolute atomic E-state index is 0. The smallest absolute Gasteiger partial charge is 0.308 e. The number of carbonyl (C=O) groups excluding carboxylic acids is 1. The molecule has 0 unspecified atom stereocenters. The molecule has 2 rings (SSSR count). The molecule has 0 saturated carbocycles. The van der Waals surface area contributed by atoms with Crippen molar-refractivity contribution in [1.82, 2.24) is 15.2 Å². The Balaban J connectivity index is 0.00000338. The van der Waals surface area contributed by atoms with Crippen LogP contribution in [0.15, 0.2) is 23.3 Å². The number of hydrogen-bond donors (Lipinski definition) is 1. The summed E-state index contributed by atoms with van der Waals surface area (Å²) in [5.74, 6) is 1.38. The molecule has 1 saturated heterocycles. The summed E-state index contributed by atoms with van der Waals surface area (Å²) >= 11 is 0. The third-order valence-corrected chi connectivity index (χ3v) is 4.24. The fraction of sp³-hybridized carbons (Fsp3) is 0.611. The lowest BCUT2D eigenvalue weighted by Crippen LogP contribution is -2.46. The third kappa shape index (κ3) is 6.62. The predicted octanol–water partition coefficient (Wildman–Crippen LogP) is 2.45. The third-order valence-electron chi connectivity index (χ3n) is 4.24. The number of hydrogen-bond acceptors (Lipinski definition) is 5. The molecular formula is C18H29IN4O3. The first-order valence-corrected chi connectivity index (χ1v) is 8.79. The number of likely N-dealkylation sites (tertiary alicyclic amines) is 1. The van der Waals surface area contributed by atoms with E-state index in [4.69, 9.17) is 9.47 Å². The number of esters is 1. The maximum absolute atomic E-state index is 11.6. The molecule has 1 N–H and O–H groups in total. The molecule has 1 fully saturated rings. The Morgan fingerprint density at radius 2 is 2.12 bits per heavy atom. The Hall–Kier alpha value is -1.58. The quantitative estimate of drug-likeness (QED) is 0.294. The van der Waals surface area contributed by atoms with Gasteiger partial charge in [0.05, 0.1) is 19.6 Å². The molecule has 1 aliphatic heterocycles. The molecule has 26 heavy (non-hydrogen) atoms. The van der Waals surface area contributed by atoms with E-state index in [0.29, 0.717) is 19.0 Å². The van der Waals surface area contributed by atoms with E-state index in [-0.39, 0.29) is 35.9 Å². The van der Waals surface area contributed by atoms with Crippen LogP contribution in [0.1, 0.15) is 31.7 Å². The highest BCUT2D eigenvalue weighted by atomic mass is 127. The number of pyridine rings is 1. The van der Waals surface area contributed by atoms with Crippen LogP contribution in [0.2, 0.25) is 0 Å². The van der Waals surface area contributed by atoms with Gasteiger partial charge in [0, 0.05) is 38.9 Å². The van der Waals surface area contributed by atoms with Gasteiger partial charge in [-0.05, 0) is 24.8 Å². The van der Waals surface area contributed by atoms with Gasteiger partial charge in [-0.3, -0.25) is 9.79 Å². The van der Waals surface area contributed by atoms with Crippen molar-refractivity contribution in [1.29, 1.82) is 0 Å². The average molecular weight is 476 g/mol. The molecule has 0 aliphatic carbocycles. The number of rotatable bonds is 6. The van der Waals surface area contributed by atoms with E-state index >= 15 is 0 Å². The van der Waals surface area contributed by atoms with Crippen molar-refractivity contribution >= 4 is 35.9 Å². The number of aromatic nitrogens is 1. The number of halogens is 1. The van der Waals surface area contributed by atoms with E-state index in [1.165, 1.54) is 7.11 Å². The Labute approximate surface area is 172 Å². The zero-order valence-electron chi connectivity index (χ0n) is 15.7. The van der Waals surface area contributed by atoms with Gasteiger partial charge in [-0.1, -0.05) is 13.0 Å². The fourth-order valence-electron chi connectivity index (χ4n) is 2.81. The maximum atomic E-state index is 11.6. The molecule has 0 atom stereocenters. The number of aliphatic imine (C=N–C) groups is 1. The predicted molar refractivity (Wildman–Crippen MR) is 112 cm³/mol. The fourth-order valence-corrected chi connectivity index (χ4v) is 2.81. The van der Waals surface area contributed by atoms with Gasteiger partial charge in [0.25, 0.3) is 0 Å². The number of guanidine groups is 1. The van der Waals surface area contributed by atoms with Crippen LogP contribution in [-0.2, 0) is 16.1 Å². The molecule has 0 aromatic carbocycles. The first kappa shape index (κ1) is 22.5. The molecule has 8 heteroatoms. The zero-order valence-corrected chi connectivity index (χ0v) is 18.1. The molecule has 1 aromatic heterocycles. The van der Waals surface area contributed by atoms with E-state index in [1.54, 1.807) is 7.05 Å². The van der Waals surface area contributed by atoms with Gasteiger partial charge in [-0.25, -0.2) is 4.98 Å². The van der Waals surface area contributed by atoms with E-state index < -0.39 is 0 Å². The van der Waals surface area contributed by atoms with Crippen molar-refractivity contribution in [3.63, 3.8) is 0 Å². The Morgan fingerprint density at radius 1 is 1.38 bits per heavy atom. The van der Waals surface area contributed by atoms with Gasteiger partial charge in [0.2, 0.25) is 5.88 Å². The number of methoxy groups -OCH3 is 1. The molecule has 0 bridgehead atoms. The highest BCUT2D eigenvalue weighted by Crippen LogP contribution is 2.18. The molecule has 0 amide bonds. The van der Waals surface area contributed by atoms with Crippen LogP contribution in [0, 0.1) is 5.92 Å². The lowest BCUT2D eigenvalue weighted by atomic mass is 9.97. The number of nitrogens with one attached hydrogen (secondary N) is 1. The number of carbonyl (C=O) groups is 1. The highest BCUT2D eigenvalue weighted by Gasteiger charge is 2.26. The van der Waals surface area contributed by atoms with E-state index in [1.807, 2.05) is 18.3 Å². The lowest BCUT2D eigenvalue weighted by Gasteiger charge is -2.33. The van der Waals surface area contributed by atoms with Crippen molar-refractivity contribution in [2.75, 3.05) is 33.9 Å². The Kier molecular flexibility index (Phi) is 10.3. The van der Waals surface area contributed by atoms with E-state index in [0.717, 1.165) is 43.9 Å². The number of nitrogens with zero attached hydrogens (tertiary/aromatic N) is 3. The van der Waals surface area contributed by atoms with Crippen molar-refractivity contribution in [2.24, 2.45) is 10.9 Å². The van der Waals surface area contributed by atoms with Gasteiger partial charge in [0.15, 0.2) is 5.96 Å². The average Bonchev–Trinajstić information content (AvgIpc) is 2.67. The number of ether oxygens (including phenoxy) is 2. The second-order valence-electron chi connectivity index (χ2n) is 6.04. The normalized spacial score (nSPS) is 15.2. The van der Waals surface area contributed by atoms with Crippen LogP contribution in [0.3, 0.4) is 0 Å². The number of piperidine rings is 1. The largest absolute Gasteiger partial charge is 0.478 e. The minimum atomic E-state index is -0.112. The first-order chi connectivity index (χ1) is 12.2. The summed E-state index contributed by atoms with van der Waals surface area (Å²) < 4.78 is 10.3. The van der Waals surface area contributed by atoms with Gasteiger partial charge in [-0.15, -0.1) is 24.0 Å². The van der Waals surface area contributed by atoms with Crippen LogP contribution >= 0.6 is 24.0 Å². The van der Waals surface area contributed by atoms with Crippen LogP contribution in [-0.4, -0.2) is 55.7 Å².